The van der Waals surface area contributed by atoms with Crippen molar-refractivity contribution in [2.75, 3.05) is 11.1 Å². The molecule has 2 N–H and O–H groups in total. The molecule has 0 saturated heterocycles. The number of nitrogens with zero attached hydrogens (tertiary/aromatic N) is 2. The molecule has 0 fully saturated rings. The van der Waals surface area contributed by atoms with Gasteiger partial charge in [0.1, 0.15) is 17.2 Å². The molecule has 2 heterocycles. The number of halogens is 2. The first-order valence-electron chi connectivity index (χ1n) is 8.26. The first-order valence-corrected chi connectivity index (χ1v) is 9.24. The van der Waals surface area contributed by atoms with Crippen LogP contribution in [0.2, 0.25) is 0 Å². The number of carbonyl (C=O) groups excluding carboxylic acids is 1. The third-order valence-corrected chi connectivity index (χ3v) is 4.79. The third kappa shape index (κ3) is 4.02. The van der Waals surface area contributed by atoms with Crippen LogP contribution in [0.25, 0.3) is 11.0 Å². The molecule has 2 aromatic heterocycles. The van der Waals surface area contributed by atoms with Crippen molar-refractivity contribution in [2.45, 2.75) is 32.0 Å². The summed E-state index contributed by atoms with van der Waals surface area (Å²) in [6, 6.07) is 4.42. The summed E-state index contributed by atoms with van der Waals surface area (Å²) in [5.41, 5.74) is 1.30. The number of thioether (sulfide) groups is 1. The van der Waals surface area contributed by atoms with E-state index in [1.54, 1.807) is 6.07 Å². The highest BCUT2D eigenvalue weighted by molar-refractivity contribution is 7.99. The second kappa shape index (κ2) is 7.51. The molecule has 0 radical (unpaired) electrons. The monoisotopic (exact) mass is 392 g/mol. The number of benzene rings is 1. The number of H-pyrrole nitrogens is 1. The van der Waals surface area contributed by atoms with Crippen LogP contribution in [-0.2, 0) is 4.79 Å². The van der Waals surface area contributed by atoms with Crippen LogP contribution in [0.1, 0.15) is 25.6 Å². The summed E-state index contributed by atoms with van der Waals surface area (Å²) in [7, 11) is 0. The van der Waals surface area contributed by atoms with Crippen molar-refractivity contribution in [1.29, 1.82) is 0 Å². The van der Waals surface area contributed by atoms with E-state index in [1.807, 2.05) is 20.8 Å². The molecule has 0 aliphatic heterocycles. The normalized spacial score (nSPS) is 11.3. The first-order chi connectivity index (χ1) is 12.8. The average molecular weight is 392 g/mol. The Bertz CT molecular complexity index is 1080. The van der Waals surface area contributed by atoms with Gasteiger partial charge in [0.2, 0.25) is 5.91 Å². The number of anilines is 1. The molecule has 0 spiro atoms. The molecular weight excluding hydrogens is 374 g/mol. The highest BCUT2D eigenvalue weighted by Crippen LogP contribution is 2.22. The van der Waals surface area contributed by atoms with Gasteiger partial charge in [0.05, 0.1) is 17.0 Å². The minimum Gasteiger partial charge on any atom is -0.353 e. The number of carbonyl (C=O) groups is 1. The van der Waals surface area contributed by atoms with Gasteiger partial charge in [-0.3, -0.25) is 14.2 Å². The molecule has 1 amide bonds. The van der Waals surface area contributed by atoms with E-state index in [0.717, 1.165) is 35.7 Å². The van der Waals surface area contributed by atoms with Crippen LogP contribution >= 0.6 is 11.8 Å². The number of fused-ring (bicyclic) bond motifs is 1. The van der Waals surface area contributed by atoms with Crippen molar-refractivity contribution >= 4 is 34.4 Å². The fourth-order valence-electron chi connectivity index (χ4n) is 2.66. The van der Waals surface area contributed by atoms with Gasteiger partial charge in [-0.15, -0.1) is 0 Å². The number of hydrogen-bond acceptors (Lipinski definition) is 4. The van der Waals surface area contributed by atoms with Gasteiger partial charge >= 0.3 is 0 Å². The molecule has 27 heavy (non-hydrogen) atoms. The van der Waals surface area contributed by atoms with E-state index in [9.17, 15) is 18.4 Å². The molecule has 0 aliphatic rings. The summed E-state index contributed by atoms with van der Waals surface area (Å²) in [6.07, 6.45) is 0. The van der Waals surface area contributed by atoms with E-state index >= 15 is 0 Å². The maximum Gasteiger partial charge on any atom is 0.278 e. The van der Waals surface area contributed by atoms with E-state index in [0.29, 0.717) is 16.2 Å². The van der Waals surface area contributed by atoms with Crippen molar-refractivity contribution in [2.24, 2.45) is 0 Å². The van der Waals surface area contributed by atoms with Gasteiger partial charge in [-0.1, -0.05) is 11.8 Å². The number of aromatic amines is 1. The van der Waals surface area contributed by atoms with Crippen LogP contribution in [-0.4, -0.2) is 26.2 Å². The number of aromatic nitrogens is 3. The van der Waals surface area contributed by atoms with Crippen LogP contribution in [0.5, 0.6) is 0 Å². The van der Waals surface area contributed by atoms with E-state index < -0.39 is 17.5 Å². The number of nitrogens with one attached hydrogen (secondary N) is 2. The summed E-state index contributed by atoms with van der Waals surface area (Å²) < 4.78 is 28.4. The first kappa shape index (κ1) is 19.1. The van der Waals surface area contributed by atoms with E-state index in [-0.39, 0.29) is 23.0 Å². The lowest BCUT2D eigenvalue weighted by molar-refractivity contribution is -0.113. The van der Waals surface area contributed by atoms with Crippen molar-refractivity contribution < 1.29 is 13.6 Å². The zero-order valence-corrected chi connectivity index (χ0v) is 15.8. The summed E-state index contributed by atoms with van der Waals surface area (Å²) in [4.78, 5) is 32.3. The zero-order valence-electron chi connectivity index (χ0n) is 15.0. The van der Waals surface area contributed by atoms with Gasteiger partial charge in [0.25, 0.3) is 5.56 Å². The SMILES string of the molecule is Cc1cc2nc(SCC(=O)Nc3cc(F)ccc3F)n(C(C)C)c(=O)c2[nH]1. The molecule has 0 atom stereocenters. The Hall–Kier alpha value is -2.68. The van der Waals surface area contributed by atoms with Gasteiger partial charge in [-0.05, 0) is 39.0 Å². The maximum absolute atomic E-state index is 13.6. The van der Waals surface area contributed by atoms with E-state index in [2.05, 4.69) is 15.3 Å². The van der Waals surface area contributed by atoms with Crippen LogP contribution in [0, 0.1) is 18.6 Å². The molecule has 6 nitrogen and oxygen atoms in total. The Morgan fingerprint density at radius 3 is 2.78 bits per heavy atom. The van der Waals surface area contributed by atoms with Crippen molar-refractivity contribution in [3.8, 4) is 0 Å². The molecular formula is C18H18F2N4O2S. The molecule has 3 aromatic rings. The van der Waals surface area contributed by atoms with Crippen molar-refractivity contribution in [3.05, 3.63) is 51.9 Å². The topological polar surface area (TPSA) is 79.8 Å². The Morgan fingerprint density at radius 2 is 2.07 bits per heavy atom. The van der Waals surface area contributed by atoms with Crippen LogP contribution in [0.3, 0.4) is 0 Å². The highest BCUT2D eigenvalue weighted by Gasteiger charge is 2.17. The van der Waals surface area contributed by atoms with Crippen molar-refractivity contribution in [3.63, 3.8) is 0 Å². The lowest BCUT2D eigenvalue weighted by atomic mass is 10.3. The van der Waals surface area contributed by atoms with Crippen LogP contribution in [0.4, 0.5) is 14.5 Å². The van der Waals surface area contributed by atoms with Crippen LogP contribution in [0.15, 0.2) is 34.2 Å². The standard InChI is InChI=1S/C18H18F2N4O2S/c1-9(2)24-17(26)16-14(6-10(3)21-16)23-18(24)27-8-15(25)22-13-7-11(19)4-5-12(13)20/h4-7,9,21H,8H2,1-3H3,(H,22,25). The Morgan fingerprint density at radius 1 is 1.33 bits per heavy atom. The van der Waals surface area contributed by atoms with E-state index in [4.69, 9.17) is 0 Å². The predicted octanol–water partition coefficient (Wildman–Crippen LogP) is 3.62. The number of hydrogen-bond donors (Lipinski definition) is 2. The predicted molar refractivity (Wildman–Crippen MR) is 101 cm³/mol. The minimum atomic E-state index is -0.726. The fraction of sp³-hybridized carbons (Fsp3) is 0.278. The van der Waals surface area contributed by atoms with Gasteiger partial charge in [0.15, 0.2) is 5.16 Å². The summed E-state index contributed by atoms with van der Waals surface area (Å²) in [5.74, 6) is -2.01. The molecule has 0 bridgehead atoms. The molecule has 0 aliphatic carbocycles. The molecule has 9 heteroatoms. The lowest BCUT2D eigenvalue weighted by Crippen LogP contribution is -2.25. The van der Waals surface area contributed by atoms with Crippen LogP contribution < -0.4 is 10.9 Å². The van der Waals surface area contributed by atoms with Gasteiger partial charge in [-0.25, -0.2) is 13.8 Å². The number of rotatable bonds is 5. The Labute approximate surface area is 158 Å². The second-order valence-electron chi connectivity index (χ2n) is 6.34. The second-order valence-corrected chi connectivity index (χ2v) is 7.28. The zero-order chi connectivity index (χ0) is 19.7. The maximum atomic E-state index is 13.6. The fourth-order valence-corrected chi connectivity index (χ4v) is 3.58. The van der Waals surface area contributed by atoms with Gasteiger partial charge in [0, 0.05) is 17.8 Å². The molecule has 1 aromatic carbocycles. The number of amides is 1. The Kier molecular flexibility index (Phi) is 5.31. The number of aryl methyl sites for hydroxylation is 1. The summed E-state index contributed by atoms with van der Waals surface area (Å²) >= 11 is 1.06. The van der Waals surface area contributed by atoms with Gasteiger partial charge in [-0.2, -0.15) is 0 Å². The van der Waals surface area contributed by atoms with E-state index in [1.165, 1.54) is 4.57 Å². The smallest absolute Gasteiger partial charge is 0.278 e. The molecule has 0 unspecified atom stereocenters. The minimum absolute atomic E-state index is 0.107. The summed E-state index contributed by atoms with van der Waals surface area (Å²) in [5, 5.41) is 2.72. The Balaban J connectivity index is 1.83. The largest absolute Gasteiger partial charge is 0.353 e. The molecule has 0 saturated carbocycles. The van der Waals surface area contributed by atoms with Gasteiger partial charge < -0.3 is 10.3 Å². The van der Waals surface area contributed by atoms with Crippen molar-refractivity contribution in [1.82, 2.24) is 14.5 Å². The third-order valence-electron chi connectivity index (χ3n) is 3.84. The average Bonchev–Trinajstić information content (AvgIpc) is 2.96. The molecule has 3 rings (SSSR count). The summed E-state index contributed by atoms with van der Waals surface area (Å²) in [6.45, 7) is 5.52. The molecule has 142 valence electrons. The highest BCUT2D eigenvalue weighted by atomic mass is 32.2. The quantitative estimate of drug-likeness (QED) is 0.513. The lowest BCUT2D eigenvalue weighted by Gasteiger charge is -2.15.